The number of nitrogens with one attached hydrogen (secondary N) is 1. The van der Waals surface area contributed by atoms with Gasteiger partial charge >= 0.3 is 0 Å². The molecule has 2 atom stereocenters. The number of halogens is 2. The number of hydrogen-bond donors (Lipinski definition) is 1. The quantitative estimate of drug-likeness (QED) is 0.885. The van der Waals surface area contributed by atoms with Crippen LogP contribution in [0.15, 0.2) is 12.1 Å². The fraction of sp³-hybridized carbons (Fsp3) is 0.625. The van der Waals surface area contributed by atoms with Crippen LogP contribution < -0.4 is 5.32 Å². The minimum absolute atomic E-state index is 0.246. The molecule has 0 bridgehead atoms. The van der Waals surface area contributed by atoms with Crippen LogP contribution in [0.4, 0.5) is 8.78 Å². The van der Waals surface area contributed by atoms with Gasteiger partial charge in [-0.2, -0.15) is 0 Å². The maximum absolute atomic E-state index is 14.2. The molecule has 1 fully saturated rings. The maximum atomic E-state index is 14.2. The average molecular weight is 283 g/mol. The Morgan fingerprint density at radius 2 is 2.10 bits per heavy atom. The summed E-state index contributed by atoms with van der Waals surface area (Å²) in [5.74, 6) is -1.00. The van der Waals surface area contributed by atoms with Crippen molar-refractivity contribution in [1.29, 1.82) is 0 Å². The molecule has 1 heterocycles. The molecular formula is C16H23F2NO. The van der Waals surface area contributed by atoms with E-state index in [0.29, 0.717) is 17.7 Å². The molecule has 0 aliphatic carbocycles. The highest BCUT2D eigenvalue weighted by atomic mass is 19.1. The highest BCUT2D eigenvalue weighted by Gasteiger charge is 2.40. The molecule has 1 aliphatic heterocycles. The number of aryl methyl sites for hydroxylation is 1. The molecule has 1 N–H and O–H groups in total. The van der Waals surface area contributed by atoms with Crippen molar-refractivity contribution in [2.75, 3.05) is 13.2 Å². The van der Waals surface area contributed by atoms with Crippen LogP contribution in [0.5, 0.6) is 0 Å². The molecule has 0 radical (unpaired) electrons. The summed E-state index contributed by atoms with van der Waals surface area (Å²) in [4.78, 5) is 0. The third kappa shape index (κ3) is 3.01. The fourth-order valence-electron chi connectivity index (χ4n) is 2.87. The normalized spacial score (nSPS) is 24.1. The Kier molecular flexibility index (Phi) is 4.76. The summed E-state index contributed by atoms with van der Waals surface area (Å²) in [6.45, 7) is 7.20. The van der Waals surface area contributed by atoms with Crippen LogP contribution in [0.25, 0.3) is 0 Å². The second-order valence-electron chi connectivity index (χ2n) is 5.77. The number of hydrogen-bond acceptors (Lipinski definition) is 2. The lowest BCUT2D eigenvalue weighted by molar-refractivity contribution is -0.0134. The first-order valence-electron chi connectivity index (χ1n) is 7.31. The monoisotopic (exact) mass is 283 g/mol. The van der Waals surface area contributed by atoms with E-state index in [2.05, 4.69) is 12.2 Å². The van der Waals surface area contributed by atoms with Crippen LogP contribution in [-0.4, -0.2) is 18.8 Å². The molecule has 1 aromatic carbocycles. The van der Waals surface area contributed by atoms with Crippen molar-refractivity contribution in [1.82, 2.24) is 5.32 Å². The first-order valence-corrected chi connectivity index (χ1v) is 7.31. The van der Waals surface area contributed by atoms with Crippen molar-refractivity contribution in [3.8, 4) is 0 Å². The molecule has 2 rings (SSSR count). The van der Waals surface area contributed by atoms with Gasteiger partial charge < -0.3 is 10.1 Å². The SMILES string of the molecule is CCCNC(c1cc(C)c(F)cc1F)C1(C)CCCO1. The van der Waals surface area contributed by atoms with Crippen LogP contribution in [0.3, 0.4) is 0 Å². The van der Waals surface area contributed by atoms with Crippen LogP contribution in [-0.2, 0) is 4.74 Å². The zero-order valence-electron chi connectivity index (χ0n) is 12.4. The van der Waals surface area contributed by atoms with Crippen LogP contribution in [0, 0.1) is 18.6 Å². The van der Waals surface area contributed by atoms with Gasteiger partial charge in [0.05, 0.1) is 11.6 Å². The van der Waals surface area contributed by atoms with Crippen molar-refractivity contribution in [3.63, 3.8) is 0 Å². The molecule has 1 aromatic rings. The summed E-state index contributed by atoms with van der Waals surface area (Å²) in [6.07, 6.45) is 2.81. The zero-order valence-corrected chi connectivity index (χ0v) is 12.4. The lowest BCUT2D eigenvalue weighted by Crippen LogP contribution is -2.42. The molecule has 0 saturated carbocycles. The van der Waals surface area contributed by atoms with Gasteiger partial charge in [0.25, 0.3) is 0 Å². The van der Waals surface area contributed by atoms with Gasteiger partial charge in [0, 0.05) is 18.2 Å². The Morgan fingerprint density at radius 3 is 2.70 bits per heavy atom. The molecule has 1 aliphatic rings. The second kappa shape index (κ2) is 6.19. The number of rotatable bonds is 5. The predicted octanol–water partition coefficient (Wildman–Crippen LogP) is 3.88. The molecule has 20 heavy (non-hydrogen) atoms. The average Bonchev–Trinajstić information content (AvgIpc) is 2.83. The molecule has 4 heteroatoms. The van der Waals surface area contributed by atoms with Crippen molar-refractivity contribution in [2.45, 2.75) is 51.7 Å². The third-order valence-corrected chi connectivity index (χ3v) is 4.05. The molecule has 112 valence electrons. The summed E-state index contributed by atoms with van der Waals surface area (Å²) in [7, 11) is 0. The lowest BCUT2D eigenvalue weighted by Gasteiger charge is -2.35. The standard InChI is InChI=1S/C16H23F2NO/c1-4-7-19-15(16(3)6-5-8-20-16)12-9-11(2)13(17)10-14(12)18/h9-10,15,19H,4-8H2,1-3H3. The number of benzene rings is 1. The molecular weight excluding hydrogens is 260 g/mol. The molecule has 2 unspecified atom stereocenters. The van der Waals surface area contributed by atoms with Crippen LogP contribution in [0.2, 0.25) is 0 Å². The van der Waals surface area contributed by atoms with Crippen LogP contribution >= 0.6 is 0 Å². The molecule has 0 amide bonds. The minimum atomic E-state index is -0.502. The van der Waals surface area contributed by atoms with E-state index in [-0.39, 0.29) is 6.04 Å². The first kappa shape index (κ1) is 15.4. The van der Waals surface area contributed by atoms with E-state index in [1.807, 2.05) is 6.92 Å². The van der Waals surface area contributed by atoms with Crippen molar-refractivity contribution >= 4 is 0 Å². The summed E-state index contributed by atoms with van der Waals surface area (Å²) < 4.78 is 33.5. The largest absolute Gasteiger partial charge is 0.373 e. The Balaban J connectivity index is 2.38. The van der Waals surface area contributed by atoms with Gasteiger partial charge in [0.15, 0.2) is 0 Å². The van der Waals surface area contributed by atoms with E-state index in [4.69, 9.17) is 4.74 Å². The highest BCUT2D eigenvalue weighted by Crippen LogP contribution is 2.38. The van der Waals surface area contributed by atoms with Gasteiger partial charge in [0.1, 0.15) is 11.6 Å². The van der Waals surface area contributed by atoms with E-state index < -0.39 is 17.2 Å². The second-order valence-corrected chi connectivity index (χ2v) is 5.77. The van der Waals surface area contributed by atoms with E-state index in [1.165, 1.54) is 0 Å². The van der Waals surface area contributed by atoms with Crippen molar-refractivity contribution in [3.05, 3.63) is 34.9 Å². The van der Waals surface area contributed by atoms with Gasteiger partial charge in [-0.1, -0.05) is 6.92 Å². The lowest BCUT2D eigenvalue weighted by atomic mass is 9.86. The molecule has 2 nitrogen and oxygen atoms in total. The Morgan fingerprint density at radius 1 is 1.35 bits per heavy atom. The van der Waals surface area contributed by atoms with Crippen molar-refractivity contribution in [2.24, 2.45) is 0 Å². The van der Waals surface area contributed by atoms with E-state index in [1.54, 1.807) is 13.0 Å². The van der Waals surface area contributed by atoms with E-state index in [9.17, 15) is 8.78 Å². The Hall–Kier alpha value is -1.00. The topological polar surface area (TPSA) is 21.3 Å². The third-order valence-electron chi connectivity index (χ3n) is 4.05. The molecule has 1 saturated heterocycles. The Labute approximate surface area is 119 Å². The van der Waals surface area contributed by atoms with Crippen molar-refractivity contribution < 1.29 is 13.5 Å². The van der Waals surface area contributed by atoms with Gasteiger partial charge in [-0.05, 0) is 51.3 Å². The molecule has 0 aromatic heterocycles. The van der Waals surface area contributed by atoms with Crippen LogP contribution in [0.1, 0.15) is 50.3 Å². The summed E-state index contributed by atoms with van der Waals surface area (Å²) in [5.41, 5.74) is 0.536. The summed E-state index contributed by atoms with van der Waals surface area (Å²) >= 11 is 0. The molecule has 0 spiro atoms. The fourth-order valence-corrected chi connectivity index (χ4v) is 2.87. The summed E-state index contributed by atoms with van der Waals surface area (Å²) in [5, 5.41) is 3.37. The van der Waals surface area contributed by atoms with E-state index >= 15 is 0 Å². The first-order chi connectivity index (χ1) is 9.48. The predicted molar refractivity (Wildman–Crippen MR) is 75.7 cm³/mol. The van der Waals surface area contributed by atoms with Gasteiger partial charge in [-0.3, -0.25) is 0 Å². The Bertz CT molecular complexity index is 470. The van der Waals surface area contributed by atoms with E-state index in [0.717, 1.165) is 31.9 Å². The smallest absolute Gasteiger partial charge is 0.131 e. The summed E-state index contributed by atoms with van der Waals surface area (Å²) in [6, 6.07) is 2.33. The number of ether oxygens (including phenoxy) is 1. The minimum Gasteiger partial charge on any atom is -0.373 e. The van der Waals surface area contributed by atoms with Gasteiger partial charge in [-0.15, -0.1) is 0 Å². The maximum Gasteiger partial charge on any atom is 0.131 e. The highest BCUT2D eigenvalue weighted by molar-refractivity contribution is 5.30. The van der Waals surface area contributed by atoms with Gasteiger partial charge in [0.2, 0.25) is 0 Å². The van der Waals surface area contributed by atoms with Gasteiger partial charge in [-0.25, -0.2) is 8.78 Å². The zero-order chi connectivity index (χ0) is 14.8.